The van der Waals surface area contributed by atoms with Gasteiger partial charge in [-0.05, 0) is 41.5 Å². The van der Waals surface area contributed by atoms with Crippen LogP contribution in [-0.2, 0) is 19.7 Å². The molecule has 2 N–H and O–H groups in total. The van der Waals surface area contributed by atoms with E-state index in [-0.39, 0.29) is 0 Å². The van der Waals surface area contributed by atoms with Gasteiger partial charge in [0.1, 0.15) is 12.4 Å². The molecule has 0 radical (unpaired) electrons. The Bertz CT molecular complexity index is 1130. The smallest absolute Gasteiger partial charge is 0.163 e. The molecule has 4 rings (SSSR count). The number of imidazole rings is 1. The van der Waals surface area contributed by atoms with Gasteiger partial charge in [0, 0.05) is 22.7 Å². The quantitative estimate of drug-likeness (QED) is 0.365. The Morgan fingerprint density at radius 2 is 1.83 bits per heavy atom. The molecule has 0 aliphatic rings. The van der Waals surface area contributed by atoms with Crippen molar-refractivity contribution < 1.29 is 9.47 Å². The normalized spacial score (nSPS) is 11.0. The lowest BCUT2D eigenvalue weighted by atomic mass is 10.2. The topological polar surface area (TPSA) is 59.2 Å². The number of benzene rings is 3. The van der Waals surface area contributed by atoms with E-state index in [4.69, 9.17) is 32.7 Å². The van der Waals surface area contributed by atoms with Crippen molar-refractivity contribution in [3.8, 4) is 11.5 Å². The summed E-state index contributed by atoms with van der Waals surface area (Å²) in [5.74, 6) is 2.09. The molecule has 0 aliphatic heterocycles. The molecule has 5 nitrogen and oxygen atoms in total. The Kier molecular flexibility index (Phi) is 6.43. The van der Waals surface area contributed by atoms with Gasteiger partial charge in [-0.3, -0.25) is 0 Å². The van der Waals surface area contributed by atoms with Crippen LogP contribution in [0.3, 0.4) is 0 Å². The maximum absolute atomic E-state index is 6.49. The first-order valence-corrected chi connectivity index (χ1v) is 10.3. The SMILES string of the molecule is COc1cc(CNCc2nc3ccccc3[nH]2)c(Cl)cc1OCc1cccc(Cl)c1. The number of H-pyrrole nitrogens is 1. The molecule has 0 amide bonds. The molecule has 1 heterocycles. The third kappa shape index (κ3) is 4.87. The van der Waals surface area contributed by atoms with Gasteiger partial charge in [-0.15, -0.1) is 0 Å². The number of para-hydroxylation sites is 2. The molecular formula is C23H21Cl2N3O2. The van der Waals surface area contributed by atoms with Crippen LogP contribution in [0.2, 0.25) is 10.0 Å². The molecule has 154 valence electrons. The van der Waals surface area contributed by atoms with Crippen molar-refractivity contribution in [3.63, 3.8) is 0 Å². The van der Waals surface area contributed by atoms with Crippen LogP contribution in [-0.4, -0.2) is 17.1 Å². The number of nitrogens with one attached hydrogen (secondary N) is 2. The minimum Gasteiger partial charge on any atom is -0.493 e. The van der Waals surface area contributed by atoms with Crippen LogP contribution in [0.4, 0.5) is 0 Å². The Hall–Kier alpha value is -2.73. The lowest BCUT2D eigenvalue weighted by molar-refractivity contribution is 0.284. The number of ether oxygens (including phenoxy) is 2. The molecule has 1 aromatic heterocycles. The Morgan fingerprint density at radius 3 is 2.63 bits per heavy atom. The van der Waals surface area contributed by atoms with E-state index in [1.54, 1.807) is 13.2 Å². The highest BCUT2D eigenvalue weighted by atomic mass is 35.5. The molecular weight excluding hydrogens is 421 g/mol. The van der Waals surface area contributed by atoms with Gasteiger partial charge < -0.3 is 19.8 Å². The number of aromatic amines is 1. The van der Waals surface area contributed by atoms with E-state index in [1.807, 2.05) is 54.6 Å². The zero-order valence-electron chi connectivity index (χ0n) is 16.4. The van der Waals surface area contributed by atoms with Crippen molar-refractivity contribution in [2.24, 2.45) is 0 Å². The predicted octanol–water partition coefficient (Wildman–Crippen LogP) is 5.75. The number of halogens is 2. The first-order valence-electron chi connectivity index (χ1n) is 9.50. The lowest BCUT2D eigenvalue weighted by Gasteiger charge is -2.14. The Morgan fingerprint density at radius 1 is 0.967 bits per heavy atom. The molecule has 0 spiro atoms. The molecule has 0 bridgehead atoms. The van der Waals surface area contributed by atoms with Gasteiger partial charge in [-0.25, -0.2) is 4.98 Å². The van der Waals surface area contributed by atoms with Gasteiger partial charge in [0.25, 0.3) is 0 Å². The maximum Gasteiger partial charge on any atom is 0.163 e. The molecule has 30 heavy (non-hydrogen) atoms. The number of hydrogen-bond donors (Lipinski definition) is 2. The average molecular weight is 442 g/mol. The van der Waals surface area contributed by atoms with Gasteiger partial charge in [0.05, 0.1) is 24.7 Å². The molecule has 4 aromatic rings. The summed E-state index contributed by atoms with van der Waals surface area (Å²) in [5, 5.41) is 4.64. The van der Waals surface area contributed by atoms with Crippen molar-refractivity contribution in [1.82, 2.24) is 15.3 Å². The summed E-state index contributed by atoms with van der Waals surface area (Å²) in [4.78, 5) is 7.87. The average Bonchev–Trinajstić information content (AvgIpc) is 3.16. The number of aromatic nitrogens is 2. The molecule has 7 heteroatoms. The Balaban J connectivity index is 1.40. The van der Waals surface area contributed by atoms with Crippen LogP contribution in [0, 0.1) is 0 Å². The van der Waals surface area contributed by atoms with E-state index in [9.17, 15) is 0 Å². The van der Waals surface area contributed by atoms with Crippen LogP contribution in [0.25, 0.3) is 11.0 Å². The number of rotatable bonds is 8. The number of fused-ring (bicyclic) bond motifs is 1. The highest BCUT2D eigenvalue weighted by Gasteiger charge is 2.11. The van der Waals surface area contributed by atoms with E-state index in [0.29, 0.717) is 41.2 Å². The molecule has 0 saturated carbocycles. The number of nitrogens with zero attached hydrogens (tertiary/aromatic N) is 1. The summed E-state index contributed by atoms with van der Waals surface area (Å²) >= 11 is 12.5. The van der Waals surface area contributed by atoms with E-state index in [0.717, 1.165) is 28.0 Å². The van der Waals surface area contributed by atoms with Crippen molar-refractivity contribution in [3.05, 3.63) is 87.7 Å². The molecule has 0 aliphatic carbocycles. The molecule has 0 fully saturated rings. The van der Waals surface area contributed by atoms with E-state index < -0.39 is 0 Å². The third-order valence-corrected chi connectivity index (χ3v) is 5.25. The second kappa shape index (κ2) is 9.39. The van der Waals surface area contributed by atoms with Crippen molar-refractivity contribution in [2.75, 3.05) is 7.11 Å². The summed E-state index contributed by atoms with van der Waals surface area (Å²) < 4.78 is 11.4. The standard InChI is InChI=1S/C23H21Cl2N3O2/c1-29-21-10-16(12-26-13-23-27-19-7-2-3-8-20(19)28-23)18(25)11-22(21)30-14-15-5-4-6-17(24)9-15/h2-11,26H,12-14H2,1H3,(H,27,28). The zero-order chi connectivity index (χ0) is 20.9. The summed E-state index contributed by atoms with van der Waals surface area (Å²) in [7, 11) is 1.61. The Labute approximate surface area is 184 Å². The van der Waals surface area contributed by atoms with Crippen LogP contribution < -0.4 is 14.8 Å². The summed E-state index contributed by atoms with van der Waals surface area (Å²) in [6.45, 7) is 1.54. The number of hydrogen-bond acceptors (Lipinski definition) is 4. The third-order valence-electron chi connectivity index (χ3n) is 4.66. The first-order chi connectivity index (χ1) is 14.6. The fraction of sp³-hybridized carbons (Fsp3) is 0.174. The van der Waals surface area contributed by atoms with Crippen molar-refractivity contribution in [2.45, 2.75) is 19.7 Å². The second-order valence-electron chi connectivity index (χ2n) is 6.82. The summed E-state index contributed by atoms with van der Waals surface area (Å²) in [6, 6.07) is 19.2. The largest absolute Gasteiger partial charge is 0.493 e. The van der Waals surface area contributed by atoms with Crippen LogP contribution in [0.15, 0.2) is 60.7 Å². The van der Waals surface area contributed by atoms with Crippen LogP contribution in [0.1, 0.15) is 17.0 Å². The first kappa shape index (κ1) is 20.5. The van der Waals surface area contributed by atoms with E-state index in [1.165, 1.54) is 0 Å². The summed E-state index contributed by atoms with van der Waals surface area (Å²) in [5.41, 5.74) is 3.86. The van der Waals surface area contributed by atoms with Gasteiger partial charge >= 0.3 is 0 Å². The van der Waals surface area contributed by atoms with Gasteiger partial charge in [0.2, 0.25) is 0 Å². The van der Waals surface area contributed by atoms with E-state index >= 15 is 0 Å². The van der Waals surface area contributed by atoms with Gasteiger partial charge in [0.15, 0.2) is 11.5 Å². The van der Waals surface area contributed by atoms with E-state index in [2.05, 4.69) is 15.3 Å². The van der Waals surface area contributed by atoms with Gasteiger partial charge in [-0.2, -0.15) is 0 Å². The maximum atomic E-state index is 6.49. The minimum absolute atomic E-state index is 0.372. The zero-order valence-corrected chi connectivity index (χ0v) is 17.9. The van der Waals surface area contributed by atoms with Crippen molar-refractivity contribution >= 4 is 34.2 Å². The lowest BCUT2D eigenvalue weighted by Crippen LogP contribution is -2.14. The second-order valence-corrected chi connectivity index (χ2v) is 7.66. The fourth-order valence-electron chi connectivity index (χ4n) is 3.18. The summed E-state index contributed by atoms with van der Waals surface area (Å²) in [6.07, 6.45) is 0. The highest BCUT2D eigenvalue weighted by Crippen LogP contribution is 2.34. The fourth-order valence-corrected chi connectivity index (χ4v) is 3.61. The monoisotopic (exact) mass is 441 g/mol. The highest BCUT2D eigenvalue weighted by molar-refractivity contribution is 6.31. The molecule has 3 aromatic carbocycles. The molecule has 0 unspecified atom stereocenters. The van der Waals surface area contributed by atoms with Gasteiger partial charge in [-0.1, -0.05) is 47.5 Å². The van der Waals surface area contributed by atoms with Crippen LogP contribution >= 0.6 is 23.2 Å². The minimum atomic E-state index is 0.372. The van der Waals surface area contributed by atoms with Crippen LogP contribution in [0.5, 0.6) is 11.5 Å². The molecule has 0 saturated heterocycles. The number of methoxy groups -OCH3 is 1. The predicted molar refractivity (Wildman–Crippen MR) is 120 cm³/mol. The molecule has 0 atom stereocenters. The van der Waals surface area contributed by atoms with Crippen molar-refractivity contribution in [1.29, 1.82) is 0 Å².